The Morgan fingerprint density at radius 1 is 0.200 bits per heavy atom. The van der Waals surface area contributed by atoms with E-state index in [4.69, 9.17) is 24.9 Å². The van der Waals surface area contributed by atoms with Crippen molar-refractivity contribution in [1.29, 1.82) is 0 Å². The molecule has 5 nitrogen and oxygen atoms in total. The van der Waals surface area contributed by atoms with Gasteiger partial charge in [-0.3, -0.25) is 4.98 Å². The number of hydrogen-bond donors (Lipinski definition) is 0. The molecule has 0 saturated heterocycles. The molecule has 5 heteroatoms. The molecule has 0 N–H and O–H groups in total. The highest BCUT2D eigenvalue weighted by Gasteiger charge is 2.16. The van der Waals surface area contributed by atoms with Crippen LogP contribution in [0.1, 0.15) is 0 Å². The van der Waals surface area contributed by atoms with Gasteiger partial charge in [-0.2, -0.15) is 0 Å². The van der Waals surface area contributed by atoms with Gasteiger partial charge in [0, 0.05) is 45.1 Å². The summed E-state index contributed by atoms with van der Waals surface area (Å²) in [6, 6.07) is 75.0. The summed E-state index contributed by atoms with van der Waals surface area (Å²) in [5.74, 6) is 1.82. The lowest BCUT2D eigenvalue weighted by Crippen LogP contribution is -2.00. The van der Waals surface area contributed by atoms with Crippen molar-refractivity contribution in [3.8, 4) is 101 Å². The van der Waals surface area contributed by atoms with Crippen LogP contribution in [0.5, 0.6) is 0 Å². The van der Waals surface area contributed by atoms with Crippen molar-refractivity contribution in [2.75, 3.05) is 0 Å². The first-order valence-electron chi connectivity index (χ1n) is 20.0. The lowest BCUT2D eigenvalue weighted by atomic mass is 9.95. The van der Waals surface area contributed by atoms with Gasteiger partial charge in [-0.25, -0.2) is 19.9 Å². The van der Waals surface area contributed by atoms with Gasteiger partial charge in [0.2, 0.25) is 0 Å². The van der Waals surface area contributed by atoms with E-state index in [9.17, 15) is 0 Å². The van der Waals surface area contributed by atoms with Gasteiger partial charge in [-0.1, -0.05) is 182 Å². The third kappa shape index (κ3) is 7.76. The van der Waals surface area contributed by atoms with Crippen LogP contribution >= 0.6 is 0 Å². The first-order chi connectivity index (χ1) is 29.7. The van der Waals surface area contributed by atoms with Gasteiger partial charge in [-0.05, 0) is 64.2 Å². The van der Waals surface area contributed by atoms with Gasteiger partial charge in [0.25, 0.3) is 0 Å². The Labute approximate surface area is 349 Å². The Morgan fingerprint density at radius 3 is 1.02 bits per heavy atom. The van der Waals surface area contributed by atoms with E-state index in [1.165, 1.54) is 0 Å². The molecule has 0 aliphatic rings. The molecule has 0 atom stereocenters. The summed E-state index contributed by atoms with van der Waals surface area (Å²) in [7, 11) is 0. The van der Waals surface area contributed by atoms with Gasteiger partial charge in [0.05, 0.1) is 17.1 Å². The summed E-state index contributed by atoms with van der Waals surface area (Å²) in [5.41, 5.74) is 15.0. The molecule has 0 saturated carbocycles. The van der Waals surface area contributed by atoms with E-state index in [1.54, 1.807) is 0 Å². The van der Waals surface area contributed by atoms with Gasteiger partial charge in [0.1, 0.15) is 0 Å². The Hall–Kier alpha value is -8.15. The second-order valence-corrected chi connectivity index (χ2v) is 14.6. The van der Waals surface area contributed by atoms with E-state index in [-0.39, 0.29) is 0 Å². The molecule has 3 aromatic heterocycles. The molecule has 282 valence electrons. The van der Waals surface area contributed by atoms with E-state index in [2.05, 4.69) is 127 Å². The van der Waals surface area contributed by atoms with Crippen LogP contribution in [0.4, 0.5) is 0 Å². The zero-order valence-corrected chi connectivity index (χ0v) is 32.6. The molecule has 0 amide bonds. The SMILES string of the molecule is c1ccc(-c2cc(-c3ccccc3)nc(-c3ccc(-c4cc(-c5ccc(-c6ccccc6)nc5)cc(-c5nc(-c6ccccc6)nc(-c6ccccc6)n5)c4)cc3)c2)cc1. The van der Waals surface area contributed by atoms with Crippen LogP contribution in [0, 0.1) is 0 Å². The fourth-order valence-corrected chi connectivity index (χ4v) is 7.44. The molecule has 0 bridgehead atoms. The van der Waals surface area contributed by atoms with Crippen molar-refractivity contribution in [2.24, 2.45) is 0 Å². The molecule has 3 heterocycles. The molecule has 0 aliphatic carbocycles. The number of pyridine rings is 2. The van der Waals surface area contributed by atoms with E-state index < -0.39 is 0 Å². The Kier molecular flexibility index (Phi) is 9.88. The van der Waals surface area contributed by atoms with E-state index in [0.717, 1.165) is 83.8 Å². The van der Waals surface area contributed by atoms with Crippen molar-refractivity contribution in [3.63, 3.8) is 0 Å². The third-order valence-electron chi connectivity index (χ3n) is 10.6. The molecule has 0 aliphatic heterocycles. The zero-order chi connectivity index (χ0) is 40.1. The quantitative estimate of drug-likeness (QED) is 0.146. The highest BCUT2D eigenvalue weighted by Crippen LogP contribution is 2.36. The maximum absolute atomic E-state index is 5.18. The normalized spacial score (nSPS) is 11.0. The highest BCUT2D eigenvalue weighted by atomic mass is 15.0. The summed E-state index contributed by atoms with van der Waals surface area (Å²) in [6.45, 7) is 0. The summed E-state index contributed by atoms with van der Waals surface area (Å²) < 4.78 is 0. The summed E-state index contributed by atoms with van der Waals surface area (Å²) in [4.78, 5) is 25.2. The number of aromatic nitrogens is 5. The summed E-state index contributed by atoms with van der Waals surface area (Å²) >= 11 is 0. The fourth-order valence-electron chi connectivity index (χ4n) is 7.44. The summed E-state index contributed by atoms with van der Waals surface area (Å²) in [6.07, 6.45) is 1.95. The number of rotatable bonds is 9. The van der Waals surface area contributed by atoms with E-state index in [1.807, 2.05) is 97.2 Å². The van der Waals surface area contributed by atoms with Crippen LogP contribution in [0.3, 0.4) is 0 Å². The van der Waals surface area contributed by atoms with Crippen molar-refractivity contribution in [2.45, 2.75) is 0 Å². The zero-order valence-electron chi connectivity index (χ0n) is 32.6. The van der Waals surface area contributed by atoms with Crippen molar-refractivity contribution < 1.29 is 0 Å². The van der Waals surface area contributed by atoms with Crippen LogP contribution in [0.25, 0.3) is 101 Å². The largest absolute Gasteiger partial charge is 0.256 e. The molecule has 0 fully saturated rings. The lowest BCUT2D eigenvalue weighted by molar-refractivity contribution is 1.07. The summed E-state index contributed by atoms with van der Waals surface area (Å²) in [5, 5.41) is 0. The third-order valence-corrected chi connectivity index (χ3v) is 10.6. The van der Waals surface area contributed by atoms with Crippen molar-refractivity contribution in [1.82, 2.24) is 24.9 Å². The Bertz CT molecular complexity index is 2910. The average molecular weight is 768 g/mol. The molecule has 0 spiro atoms. The second-order valence-electron chi connectivity index (χ2n) is 14.6. The van der Waals surface area contributed by atoms with Gasteiger partial charge >= 0.3 is 0 Å². The molecule has 10 rings (SSSR count). The Balaban J connectivity index is 1.09. The van der Waals surface area contributed by atoms with Crippen LogP contribution in [-0.4, -0.2) is 24.9 Å². The maximum Gasteiger partial charge on any atom is 0.164 e. The lowest BCUT2D eigenvalue weighted by Gasteiger charge is -2.13. The minimum absolute atomic E-state index is 0.589. The smallest absolute Gasteiger partial charge is 0.164 e. The van der Waals surface area contributed by atoms with Crippen LogP contribution in [0.2, 0.25) is 0 Å². The second kappa shape index (κ2) is 16.4. The topological polar surface area (TPSA) is 64.5 Å². The van der Waals surface area contributed by atoms with Gasteiger partial charge in [0.15, 0.2) is 17.5 Å². The highest BCUT2D eigenvalue weighted by molar-refractivity contribution is 5.82. The minimum Gasteiger partial charge on any atom is -0.256 e. The van der Waals surface area contributed by atoms with Crippen molar-refractivity contribution >= 4 is 0 Å². The maximum atomic E-state index is 5.18. The van der Waals surface area contributed by atoms with Crippen molar-refractivity contribution in [3.05, 3.63) is 225 Å². The molecule has 0 unspecified atom stereocenters. The van der Waals surface area contributed by atoms with Crippen LogP contribution < -0.4 is 0 Å². The number of nitrogens with zero attached hydrogens (tertiary/aromatic N) is 5. The monoisotopic (exact) mass is 767 g/mol. The van der Waals surface area contributed by atoms with Crippen LogP contribution in [-0.2, 0) is 0 Å². The van der Waals surface area contributed by atoms with Gasteiger partial charge < -0.3 is 0 Å². The predicted octanol–water partition coefficient (Wildman–Crippen LogP) is 13.7. The Morgan fingerprint density at radius 2 is 0.533 bits per heavy atom. The van der Waals surface area contributed by atoms with E-state index >= 15 is 0 Å². The minimum atomic E-state index is 0.589. The fraction of sp³-hybridized carbons (Fsp3) is 0. The molecular formula is C55H37N5. The molecule has 60 heavy (non-hydrogen) atoms. The average Bonchev–Trinajstić information content (AvgIpc) is 3.35. The molecule has 7 aromatic carbocycles. The standard InChI is InChI=1S/C55H37N5/c1-6-16-38(17-7-1)48-35-51(41-20-10-3-11-21-41)57-52(36-48)42-28-26-39(27-29-42)46-32-47(45-30-31-50(56-37-45)40-18-8-2-9-19-40)34-49(33-46)55-59-53(43-22-12-4-13-23-43)58-54(60-55)44-24-14-5-15-25-44/h1-37H. The number of hydrogen-bond acceptors (Lipinski definition) is 5. The van der Waals surface area contributed by atoms with Gasteiger partial charge in [-0.15, -0.1) is 0 Å². The first kappa shape index (κ1) is 36.2. The molecular weight excluding hydrogens is 731 g/mol. The first-order valence-corrected chi connectivity index (χ1v) is 20.0. The van der Waals surface area contributed by atoms with E-state index in [0.29, 0.717) is 17.5 Å². The predicted molar refractivity (Wildman–Crippen MR) is 244 cm³/mol. The molecule has 0 radical (unpaired) electrons. The van der Waals surface area contributed by atoms with Crippen LogP contribution in [0.15, 0.2) is 225 Å². The number of benzene rings is 7. The molecule has 10 aromatic rings.